The zero-order chi connectivity index (χ0) is 13.5. The van der Waals surface area contributed by atoms with E-state index in [1.54, 1.807) is 0 Å². The van der Waals surface area contributed by atoms with Gasteiger partial charge >= 0.3 is 0 Å². The van der Waals surface area contributed by atoms with Crippen LogP contribution in [0, 0.1) is 11.8 Å². The Morgan fingerprint density at radius 1 is 1.17 bits per heavy atom. The van der Waals surface area contributed by atoms with Gasteiger partial charge in [-0.15, -0.1) is 0 Å². The highest BCUT2D eigenvalue weighted by molar-refractivity contribution is 5.88. The lowest BCUT2D eigenvalue weighted by molar-refractivity contribution is -0.135. The Morgan fingerprint density at radius 3 is 2.33 bits per heavy atom. The van der Waals surface area contributed by atoms with E-state index in [0.717, 1.165) is 32.2 Å². The fourth-order valence-corrected chi connectivity index (χ4v) is 2.63. The summed E-state index contributed by atoms with van der Waals surface area (Å²) in [4.78, 5) is 26.0. The zero-order valence-corrected chi connectivity index (χ0v) is 11.9. The summed E-state index contributed by atoms with van der Waals surface area (Å²) in [5.74, 6) is 0.197. The number of rotatable bonds is 6. The van der Waals surface area contributed by atoms with E-state index in [2.05, 4.69) is 5.32 Å². The fourth-order valence-electron chi connectivity index (χ4n) is 2.63. The Balaban J connectivity index is 2.49. The smallest absolute Gasteiger partial charge is 0.223 e. The van der Waals surface area contributed by atoms with Crippen molar-refractivity contribution in [2.24, 2.45) is 11.8 Å². The quantitative estimate of drug-likeness (QED) is 0.780. The summed E-state index contributed by atoms with van der Waals surface area (Å²) in [5, 5.41) is 2.96. The average molecular weight is 254 g/mol. The summed E-state index contributed by atoms with van der Waals surface area (Å²) in [6, 6.07) is 0. The van der Waals surface area contributed by atoms with Crippen molar-refractivity contribution < 1.29 is 9.59 Å². The molecule has 18 heavy (non-hydrogen) atoms. The number of ketones is 1. The molecule has 1 N–H and O–H groups in total. The summed E-state index contributed by atoms with van der Waals surface area (Å²) in [7, 11) is 3.96. The number of likely N-dealkylation sites (N-methyl/N-ethyl adjacent to an activating group) is 1. The first-order chi connectivity index (χ1) is 8.56. The van der Waals surface area contributed by atoms with Crippen molar-refractivity contribution in [3.8, 4) is 0 Å². The molecule has 1 aliphatic carbocycles. The number of nitrogens with zero attached hydrogens (tertiary/aromatic N) is 1. The molecule has 4 nitrogen and oxygen atoms in total. The first kappa shape index (κ1) is 15.2. The maximum absolute atomic E-state index is 12.1. The van der Waals surface area contributed by atoms with E-state index in [9.17, 15) is 9.59 Å². The lowest BCUT2D eigenvalue weighted by Gasteiger charge is -2.29. The predicted octanol–water partition coefficient (Wildman–Crippen LogP) is 1.45. The van der Waals surface area contributed by atoms with Gasteiger partial charge in [0.25, 0.3) is 0 Å². The number of Topliss-reactive ketones (excluding diaryl/α,β-unsaturated/α-hetero) is 1. The predicted molar refractivity (Wildman–Crippen MR) is 72.3 cm³/mol. The van der Waals surface area contributed by atoms with Gasteiger partial charge in [-0.2, -0.15) is 0 Å². The molecule has 1 fully saturated rings. The normalized spacial score (nSPS) is 24.0. The number of hydrogen-bond donors (Lipinski definition) is 1. The minimum Gasteiger partial charge on any atom is -0.355 e. The number of carbonyl (C=O) groups is 2. The molecule has 2 atom stereocenters. The summed E-state index contributed by atoms with van der Waals surface area (Å²) >= 11 is 0. The van der Waals surface area contributed by atoms with Gasteiger partial charge in [-0.1, -0.05) is 19.8 Å². The van der Waals surface area contributed by atoms with Crippen molar-refractivity contribution >= 4 is 11.7 Å². The number of carbonyl (C=O) groups excluding carboxylic acids is 2. The Labute approximate surface area is 110 Å². The molecule has 1 aliphatic rings. The zero-order valence-electron chi connectivity index (χ0n) is 11.9. The third-order valence-electron chi connectivity index (χ3n) is 3.72. The summed E-state index contributed by atoms with van der Waals surface area (Å²) < 4.78 is 0. The van der Waals surface area contributed by atoms with Gasteiger partial charge in [0.2, 0.25) is 5.91 Å². The number of hydrogen-bond acceptors (Lipinski definition) is 3. The van der Waals surface area contributed by atoms with Crippen LogP contribution in [0.15, 0.2) is 0 Å². The van der Waals surface area contributed by atoms with E-state index in [4.69, 9.17) is 0 Å². The lowest BCUT2D eigenvalue weighted by Crippen LogP contribution is -2.41. The largest absolute Gasteiger partial charge is 0.355 e. The highest BCUT2D eigenvalue weighted by Gasteiger charge is 2.34. The maximum Gasteiger partial charge on any atom is 0.223 e. The van der Waals surface area contributed by atoms with Crippen LogP contribution in [0.3, 0.4) is 0 Å². The molecule has 0 unspecified atom stereocenters. The SMILES string of the molecule is CCC(=O)[C@@H]1CCCC[C@@H]1C(=O)NCCN(C)C. The van der Waals surface area contributed by atoms with Gasteiger partial charge in [0.15, 0.2) is 0 Å². The van der Waals surface area contributed by atoms with Crippen molar-refractivity contribution in [1.29, 1.82) is 0 Å². The highest BCUT2D eigenvalue weighted by Crippen LogP contribution is 2.31. The maximum atomic E-state index is 12.1. The topological polar surface area (TPSA) is 49.4 Å². The first-order valence-electron chi connectivity index (χ1n) is 7.01. The molecule has 0 heterocycles. The van der Waals surface area contributed by atoms with Crippen molar-refractivity contribution in [2.45, 2.75) is 39.0 Å². The van der Waals surface area contributed by atoms with Crippen molar-refractivity contribution in [2.75, 3.05) is 27.2 Å². The van der Waals surface area contributed by atoms with E-state index in [-0.39, 0.29) is 23.5 Å². The Morgan fingerprint density at radius 2 is 1.78 bits per heavy atom. The van der Waals surface area contributed by atoms with Crippen LogP contribution < -0.4 is 5.32 Å². The van der Waals surface area contributed by atoms with Gasteiger partial charge in [0.1, 0.15) is 5.78 Å². The molecule has 4 heteroatoms. The molecule has 0 spiro atoms. The Bertz CT molecular complexity index is 290. The van der Waals surface area contributed by atoms with Gasteiger partial charge in [0.05, 0.1) is 0 Å². The molecule has 0 bridgehead atoms. The number of amides is 1. The lowest BCUT2D eigenvalue weighted by atomic mass is 9.76. The Hall–Kier alpha value is -0.900. The second-order valence-electron chi connectivity index (χ2n) is 5.41. The second-order valence-corrected chi connectivity index (χ2v) is 5.41. The van der Waals surface area contributed by atoms with Crippen molar-refractivity contribution in [1.82, 2.24) is 10.2 Å². The van der Waals surface area contributed by atoms with Crippen LogP contribution in [0.5, 0.6) is 0 Å². The third kappa shape index (κ3) is 4.41. The van der Waals surface area contributed by atoms with Crippen LogP contribution >= 0.6 is 0 Å². The average Bonchev–Trinajstić information content (AvgIpc) is 2.37. The van der Waals surface area contributed by atoms with Crippen LogP contribution in [0.2, 0.25) is 0 Å². The van der Waals surface area contributed by atoms with Gasteiger partial charge < -0.3 is 10.2 Å². The number of nitrogens with one attached hydrogen (secondary N) is 1. The fraction of sp³-hybridized carbons (Fsp3) is 0.857. The van der Waals surface area contributed by atoms with E-state index in [1.165, 1.54) is 0 Å². The monoisotopic (exact) mass is 254 g/mol. The molecule has 0 saturated heterocycles. The highest BCUT2D eigenvalue weighted by atomic mass is 16.2. The van der Waals surface area contributed by atoms with Crippen LogP contribution in [-0.4, -0.2) is 43.8 Å². The minimum absolute atomic E-state index is 0.0388. The molecule has 0 aliphatic heterocycles. The molecule has 104 valence electrons. The molecule has 0 aromatic rings. The minimum atomic E-state index is -0.0895. The molecular weight excluding hydrogens is 228 g/mol. The van der Waals surface area contributed by atoms with Crippen molar-refractivity contribution in [3.63, 3.8) is 0 Å². The summed E-state index contributed by atoms with van der Waals surface area (Å²) in [5.41, 5.74) is 0. The van der Waals surface area contributed by atoms with Crippen LogP contribution in [0.25, 0.3) is 0 Å². The van der Waals surface area contributed by atoms with E-state index in [1.807, 2.05) is 25.9 Å². The van der Waals surface area contributed by atoms with Gasteiger partial charge in [0, 0.05) is 31.3 Å². The molecule has 0 radical (unpaired) electrons. The molecule has 1 saturated carbocycles. The standard InChI is InChI=1S/C14H26N2O2/c1-4-13(17)11-7-5-6-8-12(11)14(18)15-9-10-16(2)3/h11-12H,4-10H2,1-3H3,(H,15,18)/t11-,12+/m1/s1. The van der Waals surface area contributed by atoms with E-state index >= 15 is 0 Å². The van der Waals surface area contributed by atoms with E-state index in [0.29, 0.717) is 13.0 Å². The summed E-state index contributed by atoms with van der Waals surface area (Å²) in [6.45, 7) is 3.39. The molecule has 1 amide bonds. The molecule has 0 aromatic heterocycles. The van der Waals surface area contributed by atoms with Gasteiger partial charge in [-0.3, -0.25) is 9.59 Å². The summed E-state index contributed by atoms with van der Waals surface area (Å²) in [6.07, 6.45) is 4.45. The van der Waals surface area contributed by atoms with Gasteiger partial charge in [-0.05, 0) is 26.9 Å². The van der Waals surface area contributed by atoms with Gasteiger partial charge in [-0.25, -0.2) is 0 Å². The molecule has 1 rings (SSSR count). The molecular formula is C14H26N2O2. The van der Waals surface area contributed by atoms with Crippen molar-refractivity contribution in [3.05, 3.63) is 0 Å². The third-order valence-corrected chi connectivity index (χ3v) is 3.72. The molecule has 0 aromatic carbocycles. The van der Waals surface area contributed by atoms with Crippen LogP contribution in [-0.2, 0) is 9.59 Å². The first-order valence-corrected chi connectivity index (χ1v) is 7.01. The Kier molecular flexibility index (Phi) is 6.33. The second kappa shape index (κ2) is 7.52. The van der Waals surface area contributed by atoms with Crippen LogP contribution in [0.1, 0.15) is 39.0 Å². The van der Waals surface area contributed by atoms with Crippen LogP contribution in [0.4, 0.5) is 0 Å². The van der Waals surface area contributed by atoms with E-state index < -0.39 is 0 Å².